The molecule has 5 rings (SSSR count). The number of nitrogens with zero attached hydrogens (tertiary/aromatic N) is 2. The lowest BCUT2D eigenvalue weighted by atomic mass is 10.2. The number of amides is 1. The average Bonchev–Trinajstić information content (AvgIpc) is 3.40. The molecule has 3 N–H and O–H groups in total. The molecule has 0 bridgehead atoms. The van der Waals surface area contributed by atoms with Gasteiger partial charge in [0.2, 0.25) is 0 Å². The fraction of sp³-hybridized carbons (Fsp3) is 0.200. The van der Waals surface area contributed by atoms with E-state index in [0.717, 1.165) is 11.5 Å². The Kier molecular flexibility index (Phi) is 7.40. The van der Waals surface area contributed by atoms with Gasteiger partial charge in [0.1, 0.15) is 22.8 Å². The van der Waals surface area contributed by atoms with Crippen molar-refractivity contribution in [2.45, 2.75) is 11.0 Å². The van der Waals surface area contributed by atoms with Gasteiger partial charge < -0.3 is 24.5 Å². The van der Waals surface area contributed by atoms with Gasteiger partial charge in [-0.25, -0.2) is 18.1 Å². The third-order valence-corrected chi connectivity index (χ3v) is 7.17. The molecule has 0 saturated carbocycles. The van der Waals surface area contributed by atoms with Gasteiger partial charge >= 0.3 is 0 Å². The van der Waals surface area contributed by atoms with Crippen LogP contribution in [0, 0.1) is 10.1 Å². The van der Waals surface area contributed by atoms with Crippen molar-refractivity contribution in [2.24, 2.45) is 0 Å². The van der Waals surface area contributed by atoms with Crippen LogP contribution in [0.25, 0.3) is 11.0 Å². The first-order chi connectivity index (χ1) is 18.8. The number of nitro benzene ring substituents is 1. The van der Waals surface area contributed by atoms with E-state index in [0.29, 0.717) is 31.2 Å². The molecule has 1 amide bonds. The molecule has 39 heavy (non-hydrogen) atoms. The fourth-order valence-electron chi connectivity index (χ4n) is 3.94. The first kappa shape index (κ1) is 26.1. The van der Waals surface area contributed by atoms with Crippen molar-refractivity contribution in [1.29, 1.82) is 0 Å². The van der Waals surface area contributed by atoms with Gasteiger partial charge in [-0.2, -0.15) is 0 Å². The number of hydrogen-bond donors (Lipinski definition) is 3. The van der Waals surface area contributed by atoms with Crippen molar-refractivity contribution in [3.63, 3.8) is 0 Å². The summed E-state index contributed by atoms with van der Waals surface area (Å²) in [5.41, 5.74) is 0.230. The number of anilines is 1. The van der Waals surface area contributed by atoms with E-state index in [-0.39, 0.29) is 29.6 Å². The minimum Gasteiger partial charge on any atom is -0.455 e. The number of aromatic nitrogens is 2. The maximum atomic E-state index is 13.0. The van der Waals surface area contributed by atoms with Crippen LogP contribution in [0.4, 0.5) is 11.4 Å². The molecule has 1 unspecified atom stereocenters. The van der Waals surface area contributed by atoms with E-state index in [2.05, 4.69) is 15.3 Å². The van der Waals surface area contributed by atoms with Crippen LogP contribution in [0.1, 0.15) is 10.4 Å². The Morgan fingerprint density at radius 1 is 1.18 bits per heavy atom. The Hall–Kier alpha value is -4.53. The van der Waals surface area contributed by atoms with Crippen molar-refractivity contribution in [1.82, 2.24) is 14.7 Å². The van der Waals surface area contributed by atoms with Gasteiger partial charge in [0, 0.05) is 24.2 Å². The summed E-state index contributed by atoms with van der Waals surface area (Å²) in [6, 6.07) is 12.9. The van der Waals surface area contributed by atoms with E-state index in [1.54, 1.807) is 30.5 Å². The second-order valence-electron chi connectivity index (χ2n) is 8.50. The van der Waals surface area contributed by atoms with Crippen LogP contribution >= 0.6 is 0 Å². The zero-order valence-corrected chi connectivity index (χ0v) is 21.1. The van der Waals surface area contributed by atoms with Crippen molar-refractivity contribution in [2.75, 3.05) is 31.7 Å². The van der Waals surface area contributed by atoms with Crippen molar-refractivity contribution < 1.29 is 32.3 Å². The zero-order chi connectivity index (χ0) is 27.4. The van der Waals surface area contributed by atoms with Crippen LogP contribution in [0.2, 0.25) is 0 Å². The predicted molar refractivity (Wildman–Crippen MR) is 139 cm³/mol. The van der Waals surface area contributed by atoms with Crippen LogP contribution in [0.5, 0.6) is 11.5 Å². The normalized spacial score (nSPS) is 15.5. The smallest absolute Gasteiger partial charge is 0.293 e. The minimum absolute atomic E-state index is 0.0577. The highest BCUT2D eigenvalue weighted by Gasteiger charge is 2.26. The lowest BCUT2D eigenvalue weighted by Crippen LogP contribution is -2.34. The standard InChI is InChI=1S/C25H23N5O8S/c31-25(20-3-1-2-4-23(20)38-17-11-16-7-8-26-24(16)28-13-17)29-39(34,35)19-5-6-21(22(12-19)30(32)33)27-14-18-15-36-9-10-37-18/h1-8,11-13,18,27H,9-10,14-15H2,(H,26,28)(H,29,31). The molecule has 2 aromatic carbocycles. The topological polar surface area (TPSA) is 175 Å². The Morgan fingerprint density at radius 3 is 2.82 bits per heavy atom. The largest absolute Gasteiger partial charge is 0.455 e. The molecular weight excluding hydrogens is 530 g/mol. The second kappa shape index (κ2) is 11.1. The number of carbonyl (C=O) groups is 1. The molecule has 1 fully saturated rings. The maximum Gasteiger partial charge on any atom is 0.293 e. The van der Waals surface area contributed by atoms with Crippen LogP contribution < -0.4 is 14.8 Å². The molecule has 1 atom stereocenters. The van der Waals surface area contributed by atoms with Crippen LogP contribution in [0.3, 0.4) is 0 Å². The molecule has 2 aromatic heterocycles. The Labute approximate surface area is 222 Å². The molecule has 1 saturated heterocycles. The molecule has 14 heteroatoms. The summed E-state index contributed by atoms with van der Waals surface area (Å²) in [6.07, 6.45) is 2.89. The summed E-state index contributed by atoms with van der Waals surface area (Å²) in [6.45, 7) is 1.46. The molecule has 202 valence electrons. The van der Waals surface area contributed by atoms with E-state index in [9.17, 15) is 23.3 Å². The van der Waals surface area contributed by atoms with E-state index >= 15 is 0 Å². The third-order valence-electron chi connectivity index (χ3n) is 5.84. The van der Waals surface area contributed by atoms with Crippen molar-refractivity contribution in [3.05, 3.63) is 82.7 Å². The highest BCUT2D eigenvalue weighted by atomic mass is 32.2. The quantitative estimate of drug-likeness (QED) is 0.206. The summed E-state index contributed by atoms with van der Waals surface area (Å²) >= 11 is 0. The lowest BCUT2D eigenvalue weighted by Gasteiger charge is -2.23. The molecule has 1 aliphatic heterocycles. The highest BCUT2D eigenvalue weighted by Crippen LogP contribution is 2.29. The Balaban J connectivity index is 1.33. The van der Waals surface area contributed by atoms with Gasteiger partial charge in [-0.05, 0) is 36.4 Å². The minimum atomic E-state index is -4.48. The number of benzene rings is 2. The first-order valence-electron chi connectivity index (χ1n) is 11.8. The number of rotatable bonds is 9. The van der Waals surface area contributed by atoms with Gasteiger partial charge in [-0.15, -0.1) is 0 Å². The number of fused-ring (bicyclic) bond motifs is 1. The second-order valence-corrected chi connectivity index (χ2v) is 10.2. The molecule has 3 heterocycles. The molecular formula is C25H23N5O8S. The van der Waals surface area contributed by atoms with E-state index in [4.69, 9.17) is 14.2 Å². The summed E-state index contributed by atoms with van der Waals surface area (Å²) in [4.78, 5) is 30.7. The Morgan fingerprint density at radius 2 is 2.03 bits per heavy atom. The highest BCUT2D eigenvalue weighted by molar-refractivity contribution is 7.90. The number of nitrogens with one attached hydrogen (secondary N) is 3. The van der Waals surface area contributed by atoms with E-state index < -0.39 is 31.4 Å². The summed E-state index contributed by atoms with van der Waals surface area (Å²) in [7, 11) is -4.48. The molecule has 0 radical (unpaired) electrons. The number of para-hydroxylation sites is 1. The summed E-state index contributed by atoms with van der Waals surface area (Å²) < 4.78 is 44.7. The zero-order valence-electron chi connectivity index (χ0n) is 20.3. The Bertz CT molecular complexity index is 1630. The number of nitro groups is 1. The number of hydrogen-bond acceptors (Lipinski definition) is 10. The van der Waals surface area contributed by atoms with Gasteiger partial charge in [-0.3, -0.25) is 14.9 Å². The average molecular weight is 554 g/mol. The number of H-pyrrole nitrogens is 1. The summed E-state index contributed by atoms with van der Waals surface area (Å²) in [5, 5.41) is 15.4. The SMILES string of the molecule is O=C(NS(=O)(=O)c1ccc(NCC2COCCO2)c([N+](=O)[O-])c1)c1ccccc1Oc1cnc2[nH]ccc2c1. The van der Waals surface area contributed by atoms with E-state index in [1.807, 2.05) is 4.72 Å². The molecule has 0 aliphatic carbocycles. The number of ether oxygens (including phenoxy) is 3. The number of aromatic amines is 1. The predicted octanol–water partition coefficient (Wildman–Crippen LogP) is 3.21. The first-order valence-corrected chi connectivity index (χ1v) is 13.3. The van der Waals surface area contributed by atoms with Crippen molar-refractivity contribution in [3.8, 4) is 11.5 Å². The van der Waals surface area contributed by atoms with Gasteiger partial charge in [-0.1, -0.05) is 12.1 Å². The lowest BCUT2D eigenvalue weighted by molar-refractivity contribution is -0.384. The van der Waals surface area contributed by atoms with Gasteiger partial charge in [0.15, 0.2) is 0 Å². The third kappa shape index (κ3) is 5.98. The molecule has 1 aliphatic rings. The van der Waals surface area contributed by atoms with Crippen molar-refractivity contribution >= 4 is 38.3 Å². The van der Waals surface area contributed by atoms with Crippen LogP contribution in [-0.2, 0) is 19.5 Å². The monoisotopic (exact) mass is 553 g/mol. The number of pyridine rings is 1. The summed E-state index contributed by atoms with van der Waals surface area (Å²) in [5.74, 6) is -0.531. The molecule has 13 nitrogen and oxygen atoms in total. The van der Waals surface area contributed by atoms with E-state index in [1.165, 1.54) is 30.5 Å². The molecule has 4 aromatic rings. The van der Waals surface area contributed by atoms with Gasteiger partial charge in [0.05, 0.1) is 47.5 Å². The van der Waals surface area contributed by atoms with Crippen LogP contribution in [-0.4, -0.2) is 61.7 Å². The fourth-order valence-corrected chi connectivity index (χ4v) is 4.92. The molecule has 0 spiro atoms. The van der Waals surface area contributed by atoms with Crippen LogP contribution in [0.15, 0.2) is 71.9 Å². The maximum absolute atomic E-state index is 13.0. The number of carbonyl (C=O) groups excluding carboxylic acids is 1. The number of sulfonamides is 1. The van der Waals surface area contributed by atoms with Gasteiger partial charge in [0.25, 0.3) is 21.6 Å².